The first kappa shape index (κ1) is 13.4. The second-order valence-corrected chi connectivity index (χ2v) is 4.39. The van der Waals surface area contributed by atoms with Crippen molar-refractivity contribution in [3.05, 3.63) is 40.7 Å². The molecule has 1 aromatic carbocycles. The maximum Gasteiger partial charge on any atom is 0.152 e. The molecule has 5 heteroatoms. The number of hydrogen-bond acceptors (Lipinski definition) is 3. The number of anilines is 1. The van der Waals surface area contributed by atoms with E-state index in [9.17, 15) is 8.78 Å². The van der Waals surface area contributed by atoms with Gasteiger partial charge in [0, 0.05) is 7.05 Å². The van der Waals surface area contributed by atoms with Crippen LogP contribution in [0.15, 0.2) is 12.1 Å². The zero-order valence-corrected chi connectivity index (χ0v) is 11.3. The zero-order chi connectivity index (χ0) is 14.2. The van der Waals surface area contributed by atoms with Gasteiger partial charge in [0.2, 0.25) is 0 Å². The summed E-state index contributed by atoms with van der Waals surface area (Å²) in [5, 5.41) is 2.83. The molecule has 2 rings (SSSR count). The van der Waals surface area contributed by atoms with Crippen LogP contribution in [0.2, 0.25) is 0 Å². The molecule has 0 aliphatic heterocycles. The van der Waals surface area contributed by atoms with Crippen LogP contribution in [0.1, 0.15) is 17.0 Å². The Morgan fingerprint density at radius 3 is 2.26 bits per heavy atom. The van der Waals surface area contributed by atoms with Crippen LogP contribution >= 0.6 is 0 Å². The average Bonchev–Trinajstić information content (AvgIpc) is 2.38. The minimum Gasteiger partial charge on any atom is -0.371 e. The van der Waals surface area contributed by atoms with E-state index in [0.717, 1.165) is 5.69 Å². The van der Waals surface area contributed by atoms with E-state index in [2.05, 4.69) is 15.3 Å². The molecule has 0 saturated carbocycles. The molecule has 1 N–H and O–H groups in total. The molecule has 0 bridgehead atoms. The summed E-state index contributed by atoms with van der Waals surface area (Å²) in [6, 6.07) is 2.64. The zero-order valence-electron chi connectivity index (χ0n) is 11.3. The molecule has 0 aliphatic carbocycles. The fourth-order valence-electron chi connectivity index (χ4n) is 1.83. The van der Waals surface area contributed by atoms with Gasteiger partial charge in [0.15, 0.2) is 5.82 Å². The highest BCUT2D eigenvalue weighted by molar-refractivity contribution is 5.73. The van der Waals surface area contributed by atoms with Gasteiger partial charge in [0.05, 0.1) is 17.0 Å². The lowest BCUT2D eigenvalue weighted by molar-refractivity contribution is 0.582. The van der Waals surface area contributed by atoms with E-state index in [-0.39, 0.29) is 11.3 Å². The maximum absolute atomic E-state index is 14.2. The summed E-state index contributed by atoms with van der Waals surface area (Å²) in [5.74, 6) is -0.877. The molecule has 0 radical (unpaired) electrons. The third kappa shape index (κ3) is 2.28. The maximum atomic E-state index is 14.2. The molecular formula is C14H15F2N3. The molecule has 0 unspecified atom stereocenters. The Kier molecular flexibility index (Phi) is 3.46. The second-order valence-electron chi connectivity index (χ2n) is 4.39. The van der Waals surface area contributed by atoms with Crippen LogP contribution in [0.3, 0.4) is 0 Å². The average molecular weight is 263 g/mol. The minimum absolute atomic E-state index is 0.139. The van der Waals surface area contributed by atoms with Crippen molar-refractivity contribution in [2.24, 2.45) is 0 Å². The van der Waals surface area contributed by atoms with Gasteiger partial charge in [-0.1, -0.05) is 6.07 Å². The lowest BCUT2D eigenvalue weighted by Gasteiger charge is -2.12. The van der Waals surface area contributed by atoms with Crippen LogP contribution in [0.4, 0.5) is 14.6 Å². The summed E-state index contributed by atoms with van der Waals surface area (Å²) < 4.78 is 28.1. The van der Waals surface area contributed by atoms with Gasteiger partial charge in [0.25, 0.3) is 0 Å². The van der Waals surface area contributed by atoms with Gasteiger partial charge < -0.3 is 5.32 Å². The Morgan fingerprint density at radius 1 is 1.00 bits per heavy atom. The van der Waals surface area contributed by atoms with E-state index >= 15 is 0 Å². The van der Waals surface area contributed by atoms with Gasteiger partial charge in [-0.3, -0.25) is 0 Å². The number of benzene rings is 1. The summed E-state index contributed by atoms with van der Waals surface area (Å²) in [4.78, 5) is 8.54. The quantitative estimate of drug-likeness (QED) is 0.902. The van der Waals surface area contributed by atoms with Gasteiger partial charge in [-0.05, 0) is 32.4 Å². The number of aryl methyl sites for hydroxylation is 3. The second kappa shape index (κ2) is 4.91. The Balaban J connectivity index is 2.79. The first-order valence-corrected chi connectivity index (χ1v) is 5.93. The van der Waals surface area contributed by atoms with Crippen molar-refractivity contribution in [3.63, 3.8) is 0 Å². The summed E-state index contributed by atoms with van der Waals surface area (Å²) >= 11 is 0. The Labute approximate surface area is 110 Å². The molecule has 1 aromatic heterocycles. The molecule has 0 aliphatic rings. The first-order chi connectivity index (χ1) is 8.95. The molecule has 0 fully saturated rings. The Bertz CT molecular complexity index is 639. The van der Waals surface area contributed by atoms with E-state index in [1.807, 2.05) is 0 Å². The highest BCUT2D eigenvalue weighted by atomic mass is 19.1. The van der Waals surface area contributed by atoms with Crippen molar-refractivity contribution in [1.29, 1.82) is 0 Å². The molecule has 3 nitrogen and oxygen atoms in total. The lowest BCUT2D eigenvalue weighted by Crippen LogP contribution is -2.05. The highest BCUT2D eigenvalue weighted by Crippen LogP contribution is 2.31. The van der Waals surface area contributed by atoms with Crippen molar-refractivity contribution in [2.45, 2.75) is 20.8 Å². The third-order valence-corrected chi connectivity index (χ3v) is 3.06. The van der Waals surface area contributed by atoms with Crippen LogP contribution in [0.5, 0.6) is 0 Å². The van der Waals surface area contributed by atoms with Gasteiger partial charge in [-0.15, -0.1) is 0 Å². The van der Waals surface area contributed by atoms with Crippen molar-refractivity contribution in [1.82, 2.24) is 9.97 Å². The first-order valence-electron chi connectivity index (χ1n) is 5.93. The normalized spacial score (nSPS) is 10.6. The molecule has 2 aromatic rings. The van der Waals surface area contributed by atoms with Crippen molar-refractivity contribution in [2.75, 3.05) is 12.4 Å². The van der Waals surface area contributed by atoms with Gasteiger partial charge in [0.1, 0.15) is 17.3 Å². The summed E-state index contributed by atoms with van der Waals surface area (Å²) in [5.41, 5.74) is 1.80. The molecule has 100 valence electrons. The van der Waals surface area contributed by atoms with Crippen LogP contribution in [0, 0.1) is 32.4 Å². The van der Waals surface area contributed by atoms with Gasteiger partial charge in [-0.25, -0.2) is 18.7 Å². The Hall–Kier alpha value is -2.04. The number of rotatable bonds is 2. The van der Waals surface area contributed by atoms with Crippen LogP contribution < -0.4 is 5.32 Å². The molecule has 0 spiro atoms. The van der Waals surface area contributed by atoms with E-state index in [4.69, 9.17) is 0 Å². The summed E-state index contributed by atoms with van der Waals surface area (Å²) in [6.07, 6.45) is 0. The van der Waals surface area contributed by atoms with Gasteiger partial charge in [-0.2, -0.15) is 0 Å². The number of halogens is 2. The van der Waals surface area contributed by atoms with Crippen LogP contribution in [-0.2, 0) is 0 Å². The van der Waals surface area contributed by atoms with Crippen molar-refractivity contribution < 1.29 is 8.78 Å². The summed E-state index contributed by atoms with van der Waals surface area (Å²) in [7, 11) is 1.65. The molecular weight excluding hydrogens is 248 g/mol. The predicted octanol–water partition coefficient (Wildman–Crippen LogP) is 3.39. The molecule has 0 amide bonds. The van der Waals surface area contributed by atoms with Crippen LogP contribution in [0.25, 0.3) is 11.3 Å². The number of nitrogens with one attached hydrogen (secondary N) is 1. The van der Waals surface area contributed by atoms with Crippen molar-refractivity contribution >= 4 is 5.82 Å². The van der Waals surface area contributed by atoms with Crippen molar-refractivity contribution in [3.8, 4) is 11.3 Å². The number of nitrogens with zero attached hydrogens (tertiary/aromatic N) is 2. The van der Waals surface area contributed by atoms with E-state index in [0.29, 0.717) is 17.1 Å². The van der Waals surface area contributed by atoms with E-state index < -0.39 is 11.6 Å². The molecule has 0 atom stereocenters. The number of hydrogen-bond donors (Lipinski definition) is 1. The SMILES string of the molecule is CNc1nc(C)c(C)nc1-c1c(F)ccc(C)c1F. The lowest BCUT2D eigenvalue weighted by atomic mass is 10.1. The fraction of sp³-hybridized carbons (Fsp3) is 0.286. The fourth-order valence-corrected chi connectivity index (χ4v) is 1.83. The number of aromatic nitrogens is 2. The smallest absolute Gasteiger partial charge is 0.152 e. The molecule has 0 saturated heterocycles. The minimum atomic E-state index is -0.642. The third-order valence-electron chi connectivity index (χ3n) is 3.06. The van der Waals surface area contributed by atoms with Crippen LogP contribution in [-0.4, -0.2) is 17.0 Å². The van der Waals surface area contributed by atoms with E-state index in [1.54, 1.807) is 27.8 Å². The Morgan fingerprint density at radius 2 is 1.63 bits per heavy atom. The topological polar surface area (TPSA) is 37.8 Å². The molecule has 1 heterocycles. The van der Waals surface area contributed by atoms with E-state index in [1.165, 1.54) is 12.1 Å². The standard InChI is InChI=1S/C14H15F2N3/c1-7-5-6-10(15)11(12(7)16)13-14(17-4)19-9(3)8(2)18-13/h5-6H,1-4H3,(H,17,19). The largest absolute Gasteiger partial charge is 0.371 e. The van der Waals surface area contributed by atoms with Gasteiger partial charge >= 0.3 is 0 Å². The summed E-state index contributed by atoms with van der Waals surface area (Å²) in [6.45, 7) is 5.15. The predicted molar refractivity (Wildman–Crippen MR) is 71.1 cm³/mol. The molecule has 19 heavy (non-hydrogen) atoms. The highest BCUT2D eigenvalue weighted by Gasteiger charge is 2.19. The monoisotopic (exact) mass is 263 g/mol.